The molecule has 1 aromatic carbocycles. The van der Waals surface area contributed by atoms with Gasteiger partial charge in [0, 0.05) is 32.9 Å². The number of nitrogens with one attached hydrogen (secondary N) is 1. The van der Waals surface area contributed by atoms with Crippen LogP contribution in [0.2, 0.25) is 0 Å². The number of anilines is 1. The predicted molar refractivity (Wildman–Crippen MR) is 98.5 cm³/mol. The molecule has 0 radical (unpaired) electrons. The summed E-state index contributed by atoms with van der Waals surface area (Å²) in [5.74, 6) is -0.162. The van der Waals surface area contributed by atoms with Crippen LogP contribution < -0.4 is 10.2 Å². The molecule has 0 aliphatic carbocycles. The quantitative estimate of drug-likeness (QED) is 0.802. The molecular formula is C19H24N4O3. The minimum Gasteiger partial charge on any atom is -0.383 e. The van der Waals surface area contributed by atoms with E-state index in [4.69, 9.17) is 4.74 Å². The molecule has 2 heterocycles. The molecule has 0 saturated heterocycles. The molecule has 3 rings (SSSR count). The molecule has 1 aliphatic rings. The van der Waals surface area contributed by atoms with E-state index in [2.05, 4.69) is 10.3 Å². The molecule has 0 spiro atoms. The van der Waals surface area contributed by atoms with Gasteiger partial charge in [0.15, 0.2) is 11.5 Å². The summed E-state index contributed by atoms with van der Waals surface area (Å²) < 4.78 is 6.85. The maximum Gasteiger partial charge on any atom is 0.287 e. The molecule has 2 amide bonds. The predicted octanol–water partition coefficient (Wildman–Crippen LogP) is 1.87. The number of fused-ring (bicyclic) bond motifs is 1. The highest BCUT2D eigenvalue weighted by Gasteiger charge is 2.29. The number of ether oxygens (including phenoxy) is 1. The second-order valence-electron chi connectivity index (χ2n) is 6.29. The lowest BCUT2D eigenvalue weighted by molar-refractivity contribution is 0.0921. The Kier molecular flexibility index (Phi) is 5.68. The highest BCUT2D eigenvalue weighted by molar-refractivity contribution is 6.06. The van der Waals surface area contributed by atoms with Crippen LogP contribution in [-0.2, 0) is 17.7 Å². The number of hydrogen-bond acceptors (Lipinski definition) is 4. The summed E-state index contributed by atoms with van der Waals surface area (Å²) >= 11 is 0. The first-order valence-corrected chi connectivity index (χ1v) is 8.83. The van der Waals surface area contributed by atoms with Crippen LogP contribution in [0.5, 0.6) is 0 Å². The minimum absolute atomic E-state index is 0.196. The first kappa shape index (κ1) is 18.1. The van der Waals surface area contributed by atoms with E-state index in [0.717, 1.165) is 30.6 Å². The number of carbonyl (C=O) groups excluding carboxylic acids is 2. The summed E-state index contributed by atoms with van der Waals surface area (Å²) in [6, 6.07) is 9.42. The number of carbonyl (C=O) groups is 2. The number of para-hydroxylation sites is 1. The molecule has 138 valence electrons. The molecule has 26 heavy (non-hydrogen) atoms. The van der Waals surface area contributed by atoms with Gasteiger partial charge in [-0.05, 0) is 31.4 Å². The van der Waals surface area contributed by atoms with Crippen molar-refractivity contribution < 1.29 is 14.3 Å². The molecule has 0 unspecified atom stereocenters. The Morgan fingerprint density at radius 3 is 2.77 bits per heavy atom. The number of aromatic nitrogens is 2. The molecule has 7 heteroatoms. The van der Waals surface area contributed by atoms with Gasteiger partial charge in [-0.3, -0.25) is 9.59 Å². The first-order chi connectivity index (χ1) is 12.6. The number of nitrogens with zero attached hydrogens (tertiary/aromatic N) is 3. The number of benzene rings is 1. The fraction of sp³-hybridized carbons (Fsp3) is 0.421. The summed E-state index contributed by atoms with van der Waals surface area (Å²) in [6.07, 6.45) is 2.72. The van der Waals surface area contributed by atoms with Crippen LogP contribution >= 0.6 is 0 Å². The Bertz CT molecular complexity index is 786. The van der Waals surface area contributed by atoms with Gasteiger partial charge in [-0.1, -0.05) is 18.2 Å². The van der Waals surface area contributed by atoms with Gasteiger partial charge >= 0.3 is 0 Å². The van der Waals surface area contributed by atoms with Crippen molar-refractivity contribution in [3.63, 3.8) is 0 Å². The zero-order valence-corrected chi connectivity index (χ0v) is 15.2. The number of amides is 2. The number of imidazole rings is 1. The fourth-order valence-electron chi connectivity index (χ4n) is 3.16. The number of rotatable bonds is 6. The van der Waals surface area contributed by atoms with E-state index in [-0.39, 0.29) is 11.8 Å². The summed E-state index contributed by atoms with van der Waals surface area (Å²) in [7, 11) is 3.31. The third-order valence-electron chi connectivity index (χ3n) is 4.56. The van der Waals surface area contributed by atoms with Crippen molar-refractivity contribution in [3.05, 3.63) is 47.5 Å². The summed E-state index contributed by atoms with van der Waals surface area (Å²) in [6.45, 7) is 1.55. The zero-order valence-electron chi connectivity index (χ0n) is 15.2. The SMILES string of the molecule is COCCNC(=O)c1nc(C(=O)N(C)c2ccccc2)c2n1CCCC2. The van der Waals surface area contributed by atoms with Crippen molar-refractivity contribution >= 4 is 17.5 Å². The molecule has 0 saturated carbocycles. The number of methoxy groups -OCH3 is 1. The van der Waals surface area contributed by atoms with E-state index < -0.39 is 0 Å². The summed E-state index contributed by atoms with van der Waals surface area (Å²) in [5.41, 5.74) is 2.01. The van der Waals surface area contributed by atoms with Crippen molar-refractivity contribution in [2.75, 3.05) is 32.2 Å². The second-order valence-corrected chi connectivity index (χ2v) is 6.29. The Morgan fingerprint density at radius 2 is 2.04 bits per heavy atom. The topological polar surface area (TPSA) is 76.5 Å². The third-order valence-corrected chi connectivity index (χ3v) is 4.56. The van der Waals surface area contributed by atoms with E-state index in [1.54, 1.807) is 19.1 Å². The smallest absolute Gasteiger partial charge is 0.287 e. The van der Waals surface area contributed by atoms with Gasteiger partial charge in [0.1, 0.15) is 0 Å². The van der Waals surface area contributed by atoms with Crippen LogP contribution in [0.3, 0.4) is 0 Å². The second kappa shape index (κ2) is 8.14. The average Bonchev–Trinajstić information content (AvgIpc) is 3.07. The Hall–Kier alpha value is -2.67. The summed E-state index contributed by atoms with van der Waals surface area (Å²) in [5, 5.41) is 2.79. The molecule has 7 nitrogen and oxygen atoms in total. The lowest BCUT2D eigenvalue weighted by Gasteiger charge is -2.19. The molecule has 1 N–H and O–H groups in total. The van der Waals surface area contributed by atoms with Crippen molar-refractivity contribution in [1.82, 2.24) is 14.9 Å². The highest BCUT2D eigenvalue weighted by atomic mass is 16.5. The van der Waals surface area contributed by atoms with E-state index in [1.165, 1.54) is 0 Å². The Morgan fingerprint density at radius 1 is 1.27 bits per heavy atom. The molecule has 1 aliphatic heterocycles. The average molecular weight is 356 g/mol. The zero-order chi connectivity index (χ0) is 18.5. The van der Waals surface area contributed by atoms with Crippen molar-refractivity contribution in [2.24, 2.45) is 0 Å². The standard InChI is InChI=1S/C19H24N4O3/c1-22(14-8-4-3-5-9-14)19(25)16-15-10-6-7-12-23(15)17(21-16)18(24)20-11-13-26-2/h3-5,8-9H,6-7,10-13H2,1-2H3,(H,20,24). The molecule has 0 bridgehead atoms. The Balaban J connectivity index is 1.90. The molecular weight excluding hydrogens is 332 g/mol. The van der Waals surface area contributed by atoms with Crippen LogP contribution in [0.4, 0.5) is 5.69 Å². The maximum atomic E-state index is 13.0. The van der Waals surface area contributed by atoms with Crippen LogP contribution in [0.25, 0.3) is 0 Å². The van der Waals surface area contributed by atoms with Crippen LogP contribution in [0.1, 0.15) is 39.6 Å². The molecule has 2 aromatic rings. The van der Waals surface area contributed by atoms with E-state index >= 15 is 0 Å². The number of hydrogen-bond donors (Lipinski definition) is 1. The highest BCUT2D eigenvalue weighted by Crippen LogP contribution is 2.23. The fourth-order valence-corrected chi connectivity index (χ4v) is 3.16. The van der Waals surface area contributed by atoms with Crippen molar-refractivity contribution in [1.29, 1.82) is 0 Å². The van der Waals surface area contributed by atoms with Crippen LogP contribution in [-0.4, -0.2) is 48.7 Å². The van der Waals surface area contributed by atoms with E-state index in [9.17, 15) is 9.59 Å². The lowest BCUT2D eigenvalue weighted by Crippen LogP contribution is -2.30. The van der Waals surface area contributed by atoms with Crippen LogP contribution in [0, 0.1) is 0 Å². The van der Waals surface area contributed by atoms with Gasteiger partial charge in [0.2, 0.25) is 0 Å². The van der Waals surface area contributed by atoms with Gasteiger partial charge in [0.25, 0.3) is 11.8 Å². The minimum atomic E-state index is -0.272. The van der Waals surface area contributed by atoms with E-state index in [1.807, 2.05) is 34.9 Å². The third kappa shape index (κ3) is 3.62. The van der Waals surface area contributed by atoms with Gasteiger partial charge in [-0.25, -0.2) is 4.98 Å². The normalized spacial score (nSPS) is 13.2. The maximum absolute atomic E-state index is 13.0. The van der Waals surface area contributed by atoms with Gasteiger partial charge in [0.05, 0.1) is 12.3 Å². The lowest BCUT2D eigenvalue weighted by atomic mass is 10.1. The van der Waals surface area contributed by atoms with E-state index in [0.29, 0.717) is 31.2 Å². The molecule has 1 aromatic heterocycles. The van der Waals surface area contributed by atoms with Crippen molar-refractivity contribution in [2.45, 2.75) is 25.8 Å². The first-order valence-electron chi connectivity index (χ1n) is 8.83. The van der Waals surface area contributed by atoms with Gasteiger partial charge < -0.3 is 19.5 Å². The Labute approximate surface area is 153 Å². The monoisotopic (exact) mass is 356 g/mol. The van der Waals surface area contributed by atoms with Crippen molar-refractivity contribution in [3.8, 4) is 0 Å². The largest absolute Gasteiger partial charge is 0.383 e. The van der Waals surface area contributed by atoms with Gasteiger partial charge in [-0.2, -0.15) is 0 Å². The summed E-state index contributed by atoms with van der Waals surface area (Å²) in [4.78, 5) is 31.5. The van der Waals surface area contributed by atoms with Gasteiger partial charge in [-0.15, -0.1) is 0 Å². The molecule has 0 atom stereocenters. The van der Waals surface area contributed by atoms with Crippen LogP contribution in [0.15, 0.2) is 30.3 Å². The molecule has 0 fully saturated rings.